The Morgan fingerprint density at radius 1 is 1.08 bits per heavy atom. The summed E-state index contributed by atoms with van der Waals surface area (Å²) in [6.45, 7) is 4.12. The van der Waals surface area contributed by atoms with Crippen molar-refractivity contribution in [3.8, 4) is 0 Å². The van der Waals surface area contributed by atoms with Crippen molar-refractivity contribution in [1.29, 1.82) is 0 Å². The fourth-order valence-corrected chi connectivity index (χ4v) is 8.11. The minimum absolute atomic E-state index is 0.0219. The maximum Gasteiger partial charge on any atom is 0.312 e. The molecule has 0 radical (unpaired) electrons. The molecule has 4 aliphatic carbocycles. The standard InChI is InChI=1S/C20H30BrNO3/c1-13-4-3-5-14(2)22(13)17(23)11-25-18(24)19-7-15-6-16(8-19)10-20(21,9-15)12-19/h13-16H,3-12H2,1-2H3/t13-,14+,15-,16-,19?,20?/m0/s1. The van der Waals surface area contributed by atoms with E-state index in [-0.39, 0.29) is 40.3 Å². The zero-order valence-electron chi connectivity index (χ0n) is 15.4. The van der Waals surface area contributed by atoms with Crippen LogP contribution in [-0.2, 0) is 14.3 Å². The monoisotopic (exact) mass is 411 g/mol. The number of rotatable bonds is 3. The third-order valence-electron chi connectivity index (χ3n) is 7.23. The van der Waals surface area contributed by atoms with Gasteiger partial charge in [-0.25, -0.2) is 0 Å². The van der Waals surface area contributed by atoms with Crippen molar-refractivity contribution in [2.45, 2.75) is 88.0 Å². The minimum Gasteiger partial charge on any atom is -0.455 e. The van der Waals surface area contributed by atoms with Crippen molar-refractivity contribution in [3.63, 3.8) is 0 Å². The zero-order chi connectivity index (χ0) is 17.8. The molecule has 1 aliphatic heterocycles. The fraction of sp³-hybridized carbons (Fsp3) is 0.900. The molecule has 5 aliphatic rings. The Morgan fingerprint density at radius 2 is 1.68 bits per heavy atom. The van der Waals surface area contributed by atoms with E-state index in [0.717, 1.165) is 32.1 Å². The van der Waals surface area contributed by atoms with Crippen LogP contribution in [0.2, 0.25) is 0 Å². The van der Waals surface area contributed by atoms with Gasteiger partial charge in [0.05, 0.1) is 5.41 Å². The summed E-state index contributed by atoms with van der Waals surface area (Å²) in [5.74, 6) is 1.15. The maximum atomic E-state index is 13.0. The number of halogens is 1. The van der Waals surface area contributed by atoms with Crippen molar-refractivity contribution in [2.24, 2.45) is 17.3 Å². The van der Waals surface area contributed by atoms with Crippen molar-refractivity contribution in [1.82, 2.24) is 4.90 Å². The Kier molecular flexibility index (Phi) is 4.45. The van der Waals surface area contributed by atoms with Crippen LogP contribution in [0.15, 0.2) is 0 Å². The largest absolute Gasteiger partial charge is 0.455 e. The molecule has 0 unspecified atom stereocenters. The number of alkyl halides is 1. The number of hydrogen-bond acceptors (Lipinski definition) is 3. The van der Waals surface area contributed by atoms with Gasteiger partial charge < -0.3 is 9.64 Å². The second-order valence-electron chi connectivity index (χ2n) is 9.40. The minimum atomic E-state index is -0.340. The van der Waals surface area contributed by atoms with E-state index in [1.54, 1.807) is 0 Å². The summed E-state index contributed by atoms with van der Waals surface area (Å²) < 4.78 is 5.77. The summed E-state index contributed by atoms with van der Waals surface area (Å²) in [5, 5.41) is 0. The number of esters is 1. The highest BCUT2D eigenvalue weighted by atomic mass is 79.9. The number of carbonyl (C=O) groups is 2. The topological polar surface area (TPSA) is 46.6 Å². The molecule has 4 atom stereocenters. The van der Waals surface area contributed by atoms with Gasteiger partial charge in [0.2, 0.25) is 0 Å². The van der Waals surface area contributed by atoms with E-state index < -0.39 is 0 Å². The second-order valence-corrected chi connectivity index (χ2v) is 11.1. The van der Waals surface area contributed by atoms with Crippen LogP contribution < -0.4 is 0 Å². The van der Waals surface area contributed by atoms with Gasteiger partial charge in [0.1, 0.15) is 0 Å². The van der Waals surface area contributed by atoms with Gasteiger partial charge in [-0.2, -0.15) is 0 Å². The van der Waals surface area contributed by atoms with Gasteiger partial charge in [0, 0.05) is 16.4 Å². The SMILES string of the molecule is C[C@@H]1CCC[C@H](C)N1C(=O)COC(=O)C12C[C@@H]3C[C@H](CC(Br)(C3)C1)C2. The summed E-state index contributed by atoms with van der Waals surface area (Å²) in [4.78, 5) is 27.6. The molecule has 140 valence electrons. The summed E-state index contributed by atoms with van der Waals surface area (Å²) in [6.07, 6.45) is 9.72. The molecule has 0 N–H and O–H groups in total. The molecule has 1 saturated heterocycles. The van der Waals surface area contributed by atoms with E-state index in [9.17, 15) is 9.59 Å². The summed E-state index contributed by atoms with van der Waals surface area (Å²) in [5.41, 5.74) is -0.340. The number of likely N-dealkylation sites (tertiary alicyclic amines) is 1. The molecule has 4 bridgehead atoms. The third-order valence-corrected chi connectivity index (χ3v) is 8.16. The first-order valence-corrected chi connectivity index (χ1v) is 10.8. The van der Waals surface area contributed by atoms with Crippen LogP contribution in [0.5, 0.6) is 0 Å². The maximum absolute atomic E-state index is 13.0. The van der Waals surface area contributed by atoms with E-state index in [4.69, 9.17) is 4.74 Å². The van der Waals surface area contributed by atoms with Crippen LogP contribution in [0.1, 0.15) is 71.6 Å². The Morgan fingerprint density at radius 3 is 2.24 bits per heavy atom. The number of piperidine rings is 1. The van der Waals surface area contributed by atoms with Crippen LogP contribution in [0.4, 0.5) is 0 Å². The predicted molar refractivity (Wildman–Crippen MR) is 99.4 cm³/mol. The van der Waals surface area contributed by atoms with E-state index in [1.807, 2.05) is 4.90 Å². The number of ether oxygens (including phenoxy) is 1. The fourth-order valence-electron chi connectivity index (χ4n) is 6.66. The highest BCUT2D eigenvalue weighted by molar-refractivity contribution is 9.10. The number of nitrogens with zero attached hydrogens (tertiary/aromatic N) is 1. The Hall–Kier alpha value is -0.580. The molecule has 5 rings (SSSR count). The van der Waals surface area contributed by atoms with Crippen molar-refractivity contribution in [3.05, 3.63) is 0 Å². The normalized spacial score (nSPS) is 45.5. The summed E-state index contributed by atoms with van der Waals surface area (Å²) in [6, 6.07) is 0.501. The molecule has 0 aromatic carbocycles. The summed E-state index contributed by atoms with van der Waals surface area (Å²) in [7, 11) is 0. The first kappa shape index (κ1) is 17.8. The summed E-state index contributed by atoms with van der Waals surface area (Å²) >= 11 is 3.94. The third kappa shape index (κ3) is 3.15. The Balaban J connectivity index is 1.40. The lowest BCUT2D eigenvalue weighted by molar-refractivity contribution is -0.173. The lowest BCUT2D eigenvalue weighted by atomic mass is 9.49. The second kappa shape index (κ2) is 6.24. The molecule has 0 aromatic heterocycles. The number of amides is 1. The van der Waals surface area contributed by atoms with Crippen LogP contribution >= 0.6 is 15.9 Å². The molecule has 4 nitrogen and oxygen atoms in total. The lowest BCUT2D eigenvalue weighted by Crippen LogP contribution is -2.56. The smallest absolute Gasteiger partial charge is 0.312 e. The molecule has 0 spiro atoms. The van der Waals surface area contributed by atoms with Crippen molar-refractivity contribution in [2.75, 3.05) is 6.61 Å². The van der Waals surface area contributed by atoms with E-state index in [0.29, 0.717) is 11.8 Å². The lowest BCUT2D eigenvalue weighted by Gasteiger charge is -2.58. The molecule has 1 amide bonds. The van der Waals surface area contributed by atoms with Gasteiger partial charge in [-0.05, 0) is 83.5 Å². The van der Waals surface area contributed by atoms with E-state index >= 15 is 0 Å². The molecule has 1 heterocycles. The predicted octanol–water partition coefficient (Wildman–Crippen LogP) is 4.05. The molecule has 25 heavy (non-hydrogen) atoms. The quantitative estimate of drug-likeness (QED) is 0.519. The van der Waals surface area contributed by atoms with Crippen LogP contribution in [0.3, 0.4) is 0 Å². The Labute approximate surface area is 159 Å². The van der Waals surface area contributed by atoms with Crippen molar-refractivity contribution >= 4 is 27.8 Å². The zero-order valence-corrected chi connectivity index (χ0v) is 17.0. The Bertz CT molecular complexity index is 553. The molecule has 5 heteroatoms. The van der Waals surface area contributed by atoms with Gasteiger partial charge in [0.15, 0.2) is 6.61 Å². The molecule has 4 saturated carbocycles. The average molecular weight is 412 g/mol. The first-order valence-electron chi connectivity index (χ1n) is 9.98. The van der Waals surface area contributed by atoms with E-state index in [2.05, 4.69) is 29.8 Å². The van der Waals surface area contributed by atoms with Gasteiger partial charge >= 0.3 is 5.97 Å². The van der Waals surface area contributed by atoms with Gasteiger partial charge in [0.25, 0.3) is 5.91 Å². The highest BCUT2D eigenvalue weighted by Crippen LogP contribution is 2.64. The van der Waals surface area contributed by atoms with E-state index in [1.165, 1.54) is 25.7 Å². The van der Waals surface area contributed by atoms with Crippen LogP contribution in [-0.4, -0.2) is 39.8 Å². The molecular weight excluding hydrogens is 382 g/mol. The molecule has 5 fully saturated rings. The molecular formula is C20H30BrNO3. The number of carbonyl (C=O) groups excluding carboxylic acids is 2. The first-order chi connectivity index (χ1) is 11.8. The molecule has 0 aromatic rings. The number of hydrogen-bond donors (Lipinski definition) is 0. The van der Waals surface area contributed by atoms with Crippen molar-refractivity contribution < 1.29 is 14.3 Å². The van der Waals surface area contributed by atoms with Gasteiger partial charge in [-0.15, -0.1) is 0 Å². The average Bonchev–Trinajstić information content (AvgIpc) is 2.50. The van der Waals surface area contributed by atoms with Gasteiger partial charge in [-0.1, -0.05) is 15.9 Å². The highest BCUT2D eigenvalue weighted by Gasteiger charge is 2.60. The van der Waals surface area contributed by atoms with Crippen LogP contribution in [0.25, 0.3) is 0 Å². The van der Waals surface area contributed by atoms with Gasteiger partial charge in [-0.3, -0.25) is 9.59 Å². The van der Waals surface area contributed by atoms with Crippen LogP contribution in [0, 0.1) is 17.3 Å².